The van der Waals surface area contributed by atoms with Crippen molar-refractivity contribution in [3.05, 3.63) is 59.2 Å². The number of ether oxygens (including phenoxy) is 1. The molecule has 0 heterocycles. The van der Waals surface area contributed by atoms with Gasteiger partial charge in [-0.25, -0.2) is 8.78 Å². The van der Waals surface area contributed by atoms with Gasteiger partial charge < -0.3 is 4.74 Å². The number of rotatable bonds is 11. The van der Waals surface area contributed by atoms with E-state index in [1.165, 1.54) is 75.5 Å². The predicted octanol–water partition coefficient (Wildman–Crippen LogP) is 9.87. The molecule has 1 nitrogen and oxygen atoms in total. The first-order valence-corrected chi connectivity index (χ1v) is 14.6. The molecule has 0 radical (unpaired) electrons. The molecule has 2 aliphatic carbocycles. The second-order valence-electron chi connectivity index (χ2n) is 11.6. The molecular formula is C33H46F2O. The molecule has 2 fully saturated rings. The van der Waals surface area contributed by atoms with Gasteiger partial charge in [-0.3, -0.25) is 0 Å². The Bertz CT molecular complexity index is 921. The molecule has 2 saturated carbocycles. The van der Waals surface area contributed by atoms with Gasteiger partial charge in [-0.1, -0.05) is 82.6 Å². The van der Waals surface area contributed by atoms with Gasteiger partial charge in [0.25, 0.3) is 0 Å². The van der Waals surface area contributed by atoms with Crippen molar-refractivity contribution in [2.45, 2.75) is 103 Å². The highest BCUT2D eigenvalue weighted by Crippen LogP contribution is 2.39. The molecule has 0 saturated heterocycles. The molecule has 0 N–H and O–H groups in total. The van der Waals surface area contributed by atoms with Gasteiger partial charge in [0.1, 0.15) is 11.6 Å². The lowest BCUT2D eigenvalue weighted by Gasteiger charge is -2.28. The number of benzene rings is 2. The molecule has 2 aromatic rings. The fourth-order valence-electron chi connectivity index (χ4n) is 6.80. The quantitative estimate of drug-likeness (QED) is 0.281. The highest BCUT2D eigenvalue weighted by Gasteiger charge is 2.26. The zero-order valence-corrected chi connectivity index (χ0v) is 22.5. The SMILES string of the molecule is CCCC1CCC(CCCCc2ccc(-c3cc(F)c(C4CCC(COC)CC4)cc3F)cc2)CC1. The molecule has 0 unspecified atom stereocenters. The van der Waals surface area contributed by atoms with Gasteiger partial charge in [0.05, 0.1) is 0 Å². The molecule has 0 spiro atoms. The van der Waals surface area contributed by atoms with Crippen LogP contribution in [0.2, 0.25) is 0 Å². The third-order valence-electron chi connectivity index (χ3n) is 9.03. The lowest BCUT2D eigenvalue weighted by molar-refractivity contribution is 0.127. The zero-order chi connectivity index (χ0) is 25.3. The normalized spacial score (nSPS) is 24.7. The Morgan fingerprint density at radius 3 is 2.03 bits per heavy atom. The van der Waals surface area contributed by atoms with Crippen LogP contribution in [0.1, 0.15) is 107 Å². The number of aryl methyl sites for hydroxylation is 1. The minimum Gasteiger partial charge on any atom is -0.384 e. The third kappa shape index (κ3) is 7.40. The standard InChI is InChI=1S/C33H46F2O/c1-3-6-24-9-11-25(12-10-24)7-4-5-8-26-13-17-28(18-14-26)30-21-33(35)31(22-32(30)34)29-19-15-27(16-20-29)23-36-2/h13-14,17-18,21-22,24-25,27,29H,3-12,15-16,19-20,23H2,1-2H3. The van der Waals surface area contributed by atoms with Crippen LogP contribution in [-0.4, -0.2) is 13.7 Å². The molecule has 0 aliphatic heterocycles. The van der Waals surface area contributed by atoms with Crippen LogP contribution in [0.15, 0.2) is 36.4 Å². The summed E-state index contributed by atoms with van der Waals surface area (Å²) in [5.41, 5.74) is 2.96. The molecule has 0 amide bonds. The summed E-state index contributed by atoms with van der Waals surface area (Å²) >= 11 is 0. The van der Waals surface area contributed by atoms with Crippen molar-refractivity contribution in [1.82, 2.24) is 0 Å². The lowest BCUT2D eigenvalue weighted by Crippen LogP contribution is -2.18. The van der Waals surface area contributed by atoms with Gasteiger partial charge in [-0.15, -0.1) is 0 Å². The van der Waals surface area contributed by atoms with E-state index in [2.05, 4.69) is 19.1 Å². The smallest absolute Gasteiger partial charge is 0.131 e. The molecule has 3 heteroatoms. The van der Waals surface area contributed by atoms with Crippen LogP contribution in [0.5, 0.6) is 0 Å². The van der Waals surface area contributed by atoms with E-state index < -0.39 is 0 Å². The number of unbranched alkanes of at least 4 members (excludes halogenated alkanes) is 1. The average Bonchev–Trinajstić information content (AvgIpc) is 2.90. The van der Waals surface area contributed by atoms with Gasteiger partial charge in [0.2, 0.25) is 0 Å². The van der Waals surface area contributed by atoms with E-state index in [-0.39, 0.29) is 17.6 Å². The first kappa shape index (κ1) is 27.3. The first-order chi connectivity index (χ1) is 17.6. The van der Waals surface area contributed by atoms with Gasteiger partial charge in [-0.05, 0) is 91.0 Å². The van der Waals surface area contributed by atoms with Crippen molar-refractivity contribution in [1.29, 1.82) is 0 Å². The molecule has 36 heavy (non-hydrogen) atoms. The van der Waals surface area contributed by atoms with Gasteiger partial charge >= 0.3 is 0 Å². The topological polar surface area (TPSA) is 9.23 Å². The van der Waals surface area contributed by atoms with Crippen molar-refractivity contribution in [2.24, 2.45) is 17.8 Å². The summed E-state index contributed by atoms with van der Waals surface area (Å²) in [4.78, 5) is 0. The number of halogens is 2. The Morgan fingerprint density at radius 2 is 1.39 bits per heavy atom. The van der Waals surface area contributed by atoms with Crippen LogP contribution < -0.4 is 0 Å². The van der Waals surface area contributed by atoms with Crippen LogP contribution >= 0.6 is 0 Å². The van der Waals surface area contributed by atoms with Crippen molar-refractivity contribution < 1.29 is 13.5 Å². The lowest BCUT2D eigenvalue weighted by atomic mass is 9.78. The Balaban J connectivity index is 1.26. The van der Waals surface area contributed by atoms with Crippen LogP contribution in [0.3, 0.4) is 0 Å². The summed E-state index contributed by atoms with van der Waals surface area (Å²) in [6.45, 7) is 3.07. The minimum atomic E-state index is -0.313. The second-order valence-corrected chi connectivity index (χ2v) is 11.6. The van der Waals surface area contributed by atoms with E-state index in [0.717, 1.165) is 56.1 Å². The Kier molecular flexibility index (Phi) is 10.4. The van der Waals surface area contributed by atoms with E-state index in [4.69, 9.17) is 4.74 Å². The van der Waals surface area contributed by atoms with Gasteiger partial charge in [0, 0.05) is 19.3 Å². The summed E-state index contributed by atoms with van der Waals surface area (Å²) in [5, 5.41) is 0. The summed E-state index contributed by atoms with van der Waals surface area (Å²) in [6.07, 6.45) is 17.2. The van der Waals surface area contributed by atoms with E-state index >= 15 is 8.78 Å². The molecule has 198 valence electrons. The van der Waals surface area contributed by atoms with Gasteiger partial charge in [0.15, 0.2) is 0 Å². The van der Waals surface area contributed by atoms with Crippen molar-refractivity contribution in [2.75, 3.05) is 13.7 Å². The van der Waals surface area contributed by atoms with Gasteiger partial charge in [-0.2, -0.15) is 0 Å². The van der Waals surface area contributed by atoms with Crippen LogP contribution in [0.25, 0.3) is 11.1 Å². The molecule has 0 bridgehead atoms. The van der Waals surface area contributed by atoms with E-state index in [9.17, 15) is 0 Å². The zero-order valence-electron chi connectivity index (χ0n) is 22.5. The van der Waals surface area contributed by atoms with E-state index in [0.29, 0.717) is 17.0 Å². The van der Waals surface area contributed by atoms with Crippen LogP contribution in [0.4, 0.5) is 8.78 Å². The summed E-state index contributed by atoms with van der Waals surface area (Å²) in [5.74, 6) is 1.99. The summed E-state index contributed by atoms with van der Waals surface area (Å²) < 4.78 is 35.4. The molecule has 0 aromatic heterocycles. The maximum atomic E-state index is 15.1. The van der Waals surface area contributed by atoms with Crippen molar-refractivity contribution >= 4 is 0 Å². The monoisotopic (exact) mass is 496 g/mol. The fourth-order valence-corrected chi connectivity index (χ4v) is 6.80. The third-order valence-corrected chi connectivity index (χ3v) is 9.03. The molecule has 2 aliphatic rings. The van der Waals surface area contributed by atoms with E-state index in [1.54, 1.807) is 7.11 Å². The highest BCUT2D eigenvalue weighted by atomic mass is 19.1. The molecule has 4 rings (SSSR count). The minimum absolute atomic E-state index is 0.107. The van der Waals surface area contributed by atoms with E-state index in [1.807, 2.05) is 12.1 Å². The van der Waals surface area contributed by atoms with Crippen LogP contribution in [-0.2, 0) is 11.2 Å². The Hall–Kier alpha value is -1.74. The average molecular weight is 497 g/mol. The maximum Gasteiger partial charge on any atom is 0.131 e. The fraction of sp³-hybridized carbons (Fsp3) is 0.636. The molecule has 2 aromatic carbocycles. The van der Waals surface area contributed by atoms with Crippen molar-refractivity contribution in [3.8, 4) is 11.1 Å². The maximum absolute atomic E-state index is 15.1. The Morgan fingerprint density at radius 1 is 0.750 bits per heavy atom. The summed E-state index contributed by atoms with van der Waals surface area (Å²) in [6, 6.07) is 11.0. The summed E-state index contributed by atoms with van der Waals surface area (Å²) in [7, 11) is 1.73. The second kappa shape index (κ2) is 13.7. The van der Waals surface area contributed by atoms with Crippen molar-refractivity contribution in [3.63, 3.8) is 0 Å². The Labute approximate surface area is 218 Å². The largest absolute Gasteiger partial charge is 0.384 e. The van der Waals surface area contributed by atoms with Crippen LogP contribution in [0, 0.1) is 29.4 Å². The molecule has 0 atom stereocenters. The number of hydrogen-bond donors (Lipinski definition) is 0. The first-order valence-electron chi connectivity index (χ1n) is 14.6. The number of hydrogen-bond acceptors (Lipinski definition) is 1. The highest BCUT2D eigenvalue weighted by molar-refractivity contribution is 5.65. The predicted molar refractivity (Wildman–Crippen MR) is 146 cm³/mol. The number of methoxy groups -OCH3 is 1. The molecular weight excluding hydrogens is 450 g/mol.